The lowest BCUT2D eigenvalue weighted by molar-refractivity contribution is 0.659. The normalized spacial score (nSPS) is 12.6. The third-order valence-corrected chi connectivity index (χ3v) is 1.32. The van der Waals surface area contributed by atoms with Crippen molar-refractivity contribution in [1.82, 2.24) is 0 Å². The fourth-order valence-electron chi connectivity index (χ4n) is 0.642. The molecule has 0 aliphatic rings. The summed E-state index contributed by atoms with van der Waals surface area (Å²) in [7, 11) is 0. The van der Waals surface area contributed by atoms with Crippen LogP contribution in [0.2, 0.25) is 0 Å². The molecule has 0 aromatic rings. The van der Waals surface area contributed by atoms with E-state index in [1.807, 2.05) is 12.2 Å². The van der Waals surface area contributed by atoms with Gasteiger partial charge >= 0.3 is 0 Å². The van der Waals surface area contributed by atoms with Crippen molar-refractivity contribution in [3.05, 3.63) is 32.2 Å². The van der Waals surface area contributed by atoms with Crippen LogP contribution in [0.15, 0.2) is 25.3 Å². The van der Waals surface area contributed by atoms with E-state index in [1.54, 1.807) is 0 Å². The Morgan fingerprint density at radius 3 is 2.44 bits per heavy atom. The summed E-state index contributed by atoms with van der Waals surface area (Å²) in [5.41, 5.74) is 0. The van der Waals surface area contributed by atoms with Gasteiger partial charge in [0.25, 0.3) is 0 Å². The van der Waals surface area contributed by atoms with Crippen molar-refractivity contribution in [3.63, 3.8) is 0 Å². The van der Waals surface area contributed by atoms with Crippen molar-refractivity contribution >= 4 is 0 Å². The Morgan fingerprint density at radius 2 is 2.00 bits per heavy atom. The highest BCUT2D eigenvalue weighted by molar-refractivity contribution is 4.81. The Bertz CT molecular complexity index is 82.0. The maximum Gasteiger partial charge on any atom is -0.0236 e. The highest BCUT2D eigenvalue weighted by atomic mass is 14.0. The zero-order valence-corrected chi connectivity index (χ0v) is 5.97. The van der Waals surface area contributed by atoms with Crippen LogP contribution < -0.4 is 0 Å². The molecule has 0 heterocycles. The molecular weight excluding hydrogens is 108 g/mol. The lowest BCUT2D eigenvalue weighted by Gasteiger charge is -2.01. The SMILES string of the molecule is [CH2]C(C=C)CCCC=C. The van der Waals surface area contributed by atoms with Crippen LogP contribution in [0.5, 0.6) is 0 Å². The first-order chi connectivity index (χ1) is 4.31. The Kier molecular flexibility index (Phi) is 5.29. The third kappa shape index (κ3) is 5.35. The second kappa shape index (κ2) is 5.61. The van der Waals surface area contributed by atoms with Crippen molar-refractivity contribution in [2.45, 2.75) is 19.3 Å². The van der Waals surface area contributed by atoms with E-state index in [4.69, 9.17) is 0 Å². The first kappa shape index (κ1) is 8.48. The second-order valence-corrected chi connectivity index (χ2v) is 2.22. The van der Waals surface area contributed by atoms with E-state index >= 15 is 0 Å². The lowest BCUT2D eigenvalue weighted by atomic mass is 10.0. The summed E-state index contributed by atoms with van der Waals surface area (Å²) < 4.78 is 0. The molecule has 0 heteroatoms. The van der Waals surface area contributed by atoms with Crippen LogP contribution in [0, 0.1) is 12.8 Å². The molecule has 0 aromatic carbocycles. The van der Waals surface area contributed by atoms with Gasteiger partial charge in [0.05, 0.1) is 0 Å². The van der Waals surface area contributed by atoms with Gasteiger partial charge in [-0.25, -0.2) is 0 Å². The largest absolute Gasteiger partial charge is 0.103 e. The van der Waals surface area contributed by atoms with Gasteiger partial charge in [0.1, 0.15) is 0 Å². The van der Waals surface area contributed by atoms with Crippen molar-refractivity contribution in [1.29, 1.82) is 0 Å². The molecule has 0 aromatic heterocycles. The molecule has 0 saturated heterocycles. The molecule has 0 nitrogen and oxygen atoms in total. The molecule has 1 radical (unpaired) electrons. The standard InChI is InChI=1S/C9H15/c1-4-6-7-8-9(3)5-2/h4-5,9H,1-3,6-8H2. The topological polar surface area (TPSA) is 0 Å². The first-order valence-corrected chi connectivity index (χ1v) is 3.37. The minimum Gasteiger partial charge on any atom is -0.103 e. The number of hydrogen-bond donors (Lipinski definition) is 0. The van der Waals surface area contributed by atoms with E-state index in [-0.39, 0.29) is 0 Å². The fraction of sp³-hybridized carbons (Fsp3) is 0.444. The lowest BCUT2D eigenvalue weighted by Crippen LogP contribution is -1.87. The summed E-state index contributed by atoms with van der Waals surface area (Å²) in [6, 6.07) is 0. The van der Waals surface area contributed by atoms with Crippen molar-refractivity contribution in [2.75, 3.05) is 0 Å². The molecule has 9 heavy (non-hydrogen) atoms. The minimum absolute atomic E-state index is 0.421. The summed E-state index contributed by atoms with van der Waals surface area (Å²) in [5.74, 6) is 0.421. The van der Waals surface area contributed by atoms with Gasteiger partial charge in [0.15, 0.2) is 0 Å². The van der Waals surface area contributed by atoms with E-state index in [0.29, 0.717) is 5.92 Å². The van der Waals surface area contributed by atoms with Crippen LogP contribution >= 0.6 is 0 Å². The third-order valence-electron chi connectivity index (χ3n) is 1.32. The molecule has 0 saturated carbocycles. The molecule has 0 bridgehead atoms. The number of rotatable bonds is 5. The molecule has 0 fully saturated rings. The molecule has 0 spiro atoms. The average Bonchev–Trinajstić information content (AvgIpc) is 1.89. The van der Waals surface area contributed by atoms with E-state index in [9.17, 15) is 0 Å². The quantitative estimate of drug-likeness (QED) is 0.389. The van der Waals surface area contributed by atoms with Crippen molar-refractivity contribution < 1.29 is 0 Å². The Labute approximate surface area is 58.3 Å². The molecule has 1 atom stereocenters. The molecule has 51 valence electrons. The van der Waals surface area contributed by atoms with Gasteiger partial charge in [-0.1, -0.05) is 12.2 Å². The molecule has 0 amide bonds. The van der Waals surface area contributed by atoms with Gasteiger partial charge in [0, 0.05) is 0 Å². The van der Waals surface area contributed by atoms with Gasteiger partial charge in [-0.15, -0.1) is 13.2 Å². The highest BCUT2D eigenvalue weighted by Gasteiger charge is 1.92. The number of allylic oxidation sites excluding steroid dienone is 2. The second-order valence-electron chi connectivity index (χ2n) is 2.22. The molecule has 1 unspecified atom stereocenters. The summed E-state index contributed by atoms with van der Waals surface area (Å²) in [4.78, 5) is 0. The minimum atomic E-state index is 0.421. The molecule has 0 aliphatic heterocycles. The number of hydrogen-bond acceptors (Lipinski definition) is 0. The molecule has 0 aliphatic carbocycles. The van der Waals surface area contributed by atoms with E-state index in [0.717, 1.165) is 12.8 Å². The van der Waals surface area contributed by atoms with E-state index in [2.05, 4.69) is 20.1 Å². The zero-order chi connectivity index (χ0) is 7.11. The van der Waals surface area contributed by atoms with Crippen LogP contribution in [0.25, 0.3) is 0 Å². The highest BCUT2D eigenvalue weighted by Crippen LogP contribution is 2.07. The van der Waals surface area contributed by atoms with Gasteiger partial charge in [-0.2, -0.15) is 0 Å². The summed E-state index contributed by atoms with van der Waals surface area (Å²) in [6.45, 7) is 11.2. The van der Waals surface area contributed by atoms with Gasteiger partial charge in [0.2, 0.25) is 0 Å². The Balaban J connectivity index is 3.05. The molecular formula is C9H15. The van der Waals surface area contributed by atoms with Crippen molar-refractivity contribution in [2.24, 2.45) is 5.92 Å². The monoisotopic (exact) mass is 123 g/mol. The summed E-state index contributed by atoms with van der Waals surface area (Å²) in [6.07, 6.45) is 7.25. The van der Waals surface area contributed by atoms with E-state index in [1.165, 1.54) is 6.42 Å². The Morgan fingerprint density at radius 1 is 1.33 bits per heavy atom. The predicted octanol–water partition coefficient (Wildman–Crippen LogP) is 2.98. The maximum absolute atomic E-state index is 3.88. The van der Waals surface area contributed by atoms with E-state index < -0.39 is 0 Å². The summed E-state index contributed by atoms with van der Waals surface area (Å²) in [5, 5.41) is 0. The fourth-order valence-corrected chi connectivity index (χ4v) is 0.642. The van der Waals surface area contributed by atoms with Crippen LogP contribution in [-0.4, -0.2) is 0 Å². The van der Waals surface area contributed by atoms with Gasteiger partial charge in [-0.05, 0) is 32.1 Å². The molecule has 0 rings (SSSR count). The smallest absolute Gasteiger partial charge is 0.0236 e. The first-order valence-electron chi connectivity index (χ1n) is 3.37. The maximum atomic E-state index is 3.88. The summed E-state index contributed by atoms with van der Waals surface area (Å²) >= 11 is 0. The van der Waals surface area contributed by atoms with Crippen LogP contribution in [0.3, 0.4) is 0 Å². The predicted molar refractivity (Wildman–Crippen MR) is 43.1 cm³/mol. The van der Waals surface area contributed by atoms with Crippen LogP contribution in [0.4, 0.5) is 0 Å². The van der Waals surface area contributed by atoms with Crippen molar-refractivity contribution in [3.8, 4) is 0 Å². The van der Waals surface area contributed by atoms with Crippen LogP contribution in [-0.2, 0) is 0 Å². The number of unbranched alkanes of at least 4 members (excludes halogenated alkanes) is 1. The van der Waals surface area contributed by atoms with Gasteiger partial charge in [-0.3, -0.25) is 0 Å². The van der Waals surface area contributed by atoms with Crippen LogP contribution in [0.1, 0.15) is 19.3 Å². The molecule has 0 N–H and O–H groups in total. The zero-order valence-electron chi connectivity index (χ0n) is 5.97. The van der Waals surface area contributed by atoms with Gasteiger partial charge < -0.3 is 0 Å². The average molecular weight is 123 g/mol. The Hall–Kier alpha value is -0.520.